The zero-order chi connectivity index (χ0) is 14.1. The van der Waals surface area contributed by atoms with Gasteiger partial charge in [-0.1, -0.05) is 19.3 Å². The molecule has 1 saturated carbocycles. The maximum atomic E-state index is 12.3. The summed E-state index contributed by atoms with van der Waals surface area (Å²) in [5, 5.41) is 3.17. The van der Waals surface area contributed by atoms with Crippen molar-refractivity contribution in [3.63, 3.8) is 0 Å². The second kappa shape index (κ2) is 9.28. The Morgan fingerprint density at radius 1 is 1.37 bits per heavy atom. The number of amides is 1. The van der Waals surface area contributed by atoms with Crippen molar-refractivity contribution in [1.29, 1.82) is 0 Å². The van der Waals surface area contributed by atoms with Crippen LogP contribution in [0.15, 0.2) is 0 Å². The first-order chi connectivity index (χ1) is 9.19. The van der Waals surface area contributed by atoms with Gasteiger partial charge in [0.25, 0.3) is 0 Å². The number of carbonyl (C=O) groups excluding carboxylic acids is 1. The molecule has 1 aliphatic rings. The van der Waals surface area contributed by atoms with E-state index >= 15 is 0 Å². The van der Waals surface area contributed by atoms with Crippen LogP contribution in [-0.2, 0) is 9.53 Å². The first-order valence-corrected chi connectivity index (χ1v) is 7.42. The highest BCUT2D eigenvalue weighted by molar-refractivity contribution is 5.81. The fourth-order valence-electron chi connectivity index (χ4n) is 2.61. The Hall–Kier alpha value is -0.650. The smallest absolute Gasteiger partial charge is 0.237 e. The number of rotatable bonds is 8. The standard InChI is InChI=1S/C14H29N3O2/c1-12(17(9-8-15)10-11-19-2)14(18)16-13-6-4-3-5-7-13/h12-13H,3-11,15H2,1-2H3,(H,16,18). The summed E-state index contributed by atoms with van der Waals surface area (Å²) in [4.78, 5) is 14.3. The molecule has 19 heavy (non-hydrogen) atoms. The Bertz CT molecular complexity index is 255. The summed E-state index contributed by atoms with van der Waals surface area (Å²) in [7, 11) is 1.67. The van der Waals surface area contributed by atoms with E-state index in [0.717, 1.165) is 25.9 Å². The molecule has 112 valence electrons. The second-order valence-corrected chi connectivity index (χ2v) is 5.34. The van der Waals surface area contributed by atoms with E-state index in [-0.39, 0.29) is 11.9 Å². The van der Waals surface area contributed by atoms with Gasteiger partial charge in [-0.25, -0.2) is 0 Å². The third-order valence-corrected chi connectivity index (χ3v) is 3.88. The van der Waals surface area contributed by atoms with Gasteiger partial charge in [0.2, 0.25) is 5.91 Å². The van der Waals surface area contributed by atoms with Crippen LogP contribution in [0.5, 0.6) is 0 Å². The maximum Gasteiger partial charge on any atom is 0.237 e. The molecule has 0 bridgehead atoms. The van der Waals surface area contributed by atoms with Crippen LogP contribution in [0, 0.1) is 0 Å². The maximum absolute atomic E-state index is 12.3. The molecule has 1 rings (SSSR count). The van der Waals surface area contributed by atoms with E-state index in [2.05, 4.69) is 10.2 Å². The van der Waals surface area contributed by atoms with Gasteiger partial charge in [-0.15, -0.1) is 0 Å². The minimum absolute atomic E-state index is 0.122. The van der Waals surface area contributed by atoms with Crippen molar-refractivity contribution in [1.82, 2.24) is 10.2 Å². The molecule has 0 spiro atoms. The van der Waals surface area contributed by atoms with Crippen LogP contribution < -0.4 is 11.1 Å². The van der Waals surface area contributed by atoms with Crippen molar-refractivity contribution < 1.29 is 9.53 Å². The Kier molecular flexibility index (Phi) is 8.02. The lowest BCUT2D eigenvalue weighted by Gasteiger charge is -2.30. The van der Waals surface area contributed by atoms with Crippen molar-refractivity contribution in [3.05, 3.63) is 0 Å². The van der Waals surface area contributed by atoms with Crippen molar-refractivity contribution >= 4 is 5.91 Å². The minimum atomic E-state index is -0.138. The van der Waals surface area contributed by atoms with Crippen LogP contribution in [-0.4, -0.2) is 56.2 Å². The Morgan fingerprint density at radius 2 is 2.05 bits per heavy atom. The van der Waals surface area contributed by atoms with Crippen LogP contribution in [0.1, 0.15) is 39.0 Å². The molecule has 0 radical (unpaired) electrons. The normalized spacial score (nSPS) is 18.5. The Balaban J connectivity index is 2.41. The zero-order valence-electron chi connectivity index (χ0n) is 12.4. The number of nitrogens with zero attached hydrogens (tertiary/aromatic N) is 1. The van der Waals surface area contributed by atoms with Gasteiger partial charge in [0.05, 0.1) is 12.6 Å². The number of hydrogen-bond acceptors (Lipinski definition) is 4. The zero-order valence-corrected chi connectivity index (χ0v) is 12.4. The highest BCUT2D eigenvalue weighted by Gasteiger charge is 2.23. The van der Waals surface area contributed by atoms with Crippen LogP contribution in [0.2, 0.25) is 0 Å². The van der Waals surface area contributed by atoms with E-state index in [9.17, 15) is 4.79 Å². The van der Waals surface area contributed by atoms with Gasteiger partial charge < -0.3 is 15.8 Å². The van der Waals surface area contributed by atoms with E-state index in [0.29, 0.717) is 19.2 Å². The van der Waals surface area contributed by atoms with Gasteiger partial charge in [-0.2, -0.15) is 0 Å². The van der Waals surface area contributed by atoms with E-state index < -0.39 is 0 Å². The molecule has 0 saturated heterocycles. The van der Waals surface area contributed by atoms with E-state index in [1.165, 1.54) is 19.3 Å². The third kappa shape index (κ3) is 5.89. The molecule has 1 aliphatic carbocycles. The SMILES string of the molecule is COCCN(CCN)C(C)C(=O)NC1CCCCC1. The molecule has 1 atom stereocenters. The van der Waals surface area contributed by atoms with Crippen LogP contribution in [0.25, 0.3) is 0 Å². The average molecular weight is 271 g/mol. The summed E-state index contributed by atoms with van der Waals surface area (Å²) in [6.07, 6.45) is 6.00. The number of hydrogen-bond donors (Lipinski definition) is 2. The summed E-state index contributed by atoms with van der Waals surface area (Å²) < 4.78 is 5.08. The van der Waals surface area contributed by atoms with Gasteiger partial charge >= 0.3 is 0 Å². The van der Waals surface area contributed by atoms with Crippen molar-refractivity contribution in [2.24, 2.45) is 5.73 Å². The molecule has 1 unspecified atom stereocenters. The monoisotopic (exact) mass is 271 g/mol. The molecular formula is C14H29N3O2. The van der Waals surface area contributed by atoms with Crippen molar-refractivity contribution in [2.45, 2.75) is 51.1 Å². The van der Waals surface area contributed by atoms with Gasteiger partial charge in [0.15, 0.2) is 0 Å². The summed E-state index contributed by atoms with van der Waals surface area (Å²) in [6.45, 7) is 4.60. The van der Waals surface area contributed by atoms with E-state index in [1.54, 1.807) is 7.11 Å². The molecule has 0 aromatic heterocycles. The lowest BCUT2D eigenvalue weighted by molar-refractivity contribution is -0.127. The predicted molar refractivity (Wildman–Crippen MR) is 77.0 cm³/mol. The average Bonchev–Trinajstić information content (AvgIpc) is 2.43. The first kappa shape index (κ1) is 16.4. The quantitative estimate of drug-likeness (QED) is 0.683. The molecular weight excluding hydrogens is 242 g/mol. The Labute approximate surface area is 116 Å². The van der Waals surface area contributed by atoms with Gasteiger partial charge in [-0.05, 0) is 19.8 Å². The molecule has 0 aliphatic heterocycles. The lowest BCUT2D eigenvalue weighted by atomic mass is 9.95. The van der Waals surface area contributed by atoms with Crippen LogP contribution in [0.3, 0.4) is 0 Å². The Morgan fingerprint density at radius 3 is 2.63 bits per heavy atom. The molecule has 5 nitrogen and oxygen atoms in total. The minimum Gasteiger partial charge on any atom is -0.383 e. The van der Waals surface area contributed by atoms with E-state index in [4.69, 9.17) is 10.5 Å². The number of carbonyl (C=O) groups is 1. The second-order valence-electron chi connectivity index (χ2n) is 5.34. The summed E-state index contributed by atoms with van der Waals surface area (Å²) in [6, 6.07) is 0.228. The third-order valence-electron chi connectivity index (χ3n) is 3.88. The van der Waals surface area contributed by atoms with Crippen molar-refractivity contribution in [3.8, 4) is 0 Å². The molecule has 0 heterocycles. The highest BCUT2D eigenvalue weighted by Crippen LogP contribution is 2.17. The fraction of sp³-hybridized carbons (Fsp3) is 0.929. The molecule has 1 amide bonds. The topological polar surface area (TPSA) is 67.6 Å². The van der Waals surface area contributed by atoms with Crippen LogP contribution in [0.4, 0.5) is 0 Å². The van der Waals surface area contributed by atoms with Crippen LogP contribution >= 0.6 is 0 Å². The van der Waals surface area contributed by atoms with Gasteiger partial charge in [-0.3, -0.25) is 9.69 Å². The number of methoxy groups -OCH3 is 1. The lowest BCUT2D eigenvalue weighted by Crippen LogP contribution is -2.50. The number of nitrogens with two attached hydrogens (primary N) is 1. The number of nitrogens with one attached hydrogen (secondary N) is 1. The van der Waals surface area contributed by atoms with Gasteiger partial charge in [0.1, 0.15) is 0 Å². The highest BCUT2D eigenvalue weighted by atomic mass is 16.5. The molecule has 5 heteroatoms. The molecule has 1 fully saturated rings. The predicted octanol–water partition coefficient (Wildman–Crippen LogP) is 0.731. The summed E-state index contributed by atoms with van der Waals surface area (Å²) in [5.41, 5.74) is 5.61. The van der Waals surface area contributed by atoms with E-state index in [1.807, 2.05) is 6.92 Å². The number of ether oxygens (including phenoxy) is 1. The van der Waals surface area contributed by atoms with Crippen molar-refractivity contribution in [2.75, 3.05) is 33.4 Å². The fourth-order valence-corrected chi connectivity index (χ4v) is 2.61. The summed E-state index contributed by atoms with van der Waals surface area (Å²) >= 11 is 0. The first-order valence-electron chi connectivity index (χ1n) is 7.42. The largest absolute Gasteiger partial charge is 0.383 e. The molecule has 0 aromatic rings. The molecule has 0 aromatic carbocycles. The molecule has 3 N–H and O–H groups in total. The summed E-state index contributed by atoms with van der Waals surface area (Å²) in [5.74, 6) is 0.122. The van der Waals surface area contributed by atoms with Gasteiger partial charge in [0, 0.05) is 32.8 Å².